The molecule has 1 aliphatic heterocycles. The highest BCUT2D eigenvalue weighted by atomic mass is 15.1. The summed E-state index contributed by atoms with van der Waals surface area (Å²) in [5.74, 6) is 0. The van der Waals surface area contributed by atoms with Gasteiger partial charge in [-0.3, -0.25) is 0 Å². The first kappa shape index (κ1) is 31.9. The summed E-state index contributed by atoms with van der Waals surface area (Å²) >= 11 is 0. The largest absolute Gasteiger partial charge is 0.344 e. The van der Waals surface area contributed by atoms with Crippen molar-refractivity contribution in [2.24, 2.45) is 7.05 Å². The van der Waals surface area contributed by atoms with Crippen LogP contribution in [-0.4, -0.2) is 11.6 Å². The van der Waals surface area contributed by atoms with E-state index in [1.807, 2.05) is 0 Å². The third kappa shape index (κ3) is 3.96. The van der Waals surface area contributed by atoms with E-state index in [4.69, 9.17) is 0 Å². The molecule has 0 atom stereocenters. The molecule has 0 saturated carbocycles. The molecule has 1 aromatic heterocycles. The molecule has 2 aliphatic carbocycles. The van der Waals surface area contributed by atoms with E-state index < -0.39 is 0 Å². The van der Waals surface area contributed by atoms with Crippen molar-refractivity contribution in [3.05, 3.63) is 168 Å². The Kier molecular flexibility index (Phi) is 6.09. The molecule has 0 N–H and O–H groups in total. The first-order valence-electron chi connectivity index (χ1n) is 20.0. The molecule has 0 fully saturated rings. The van der Waals surface area contributed by atoms with Crippen molar-refractivity contribution in [1.82, 2.24) is 4.57 Å². The molecule has 2 heteroatoms. The molecule has 2 heterocycles. The second-order valence-electron chi connectivity index (χ2n) is 17.5. The zero-order chi connectivity index (χ0) is 37.8. The number of aryl methyl sites for hydroxylation is 1. The lowest BCUT2D eigenvalue weighted by atomic mass is 9.81. The monoisotopic (exact) mass is 718 g/mol. The van der Waals surface area contributed by atoms with Crippen LogP contribution < -0.4 is 4.90 Å². The molecule has 56 heavy (non-hydrogen) atoms. The second-order valence-corrected chi connectivity index (χ2v) is 17.5. The standard InChI is InChI=1S/C54H42N2/c1-53(2)43-15-9-7-12-35(43)37-22-18-31(26-45(37)53)33-20-24-39-42-30-50-51(41-14-11-17-47(52(41)42)55(5)48(39)28-33)40-25-21-34(29-49(40)56(50)6)32-19-23-38-36-13-8-10-16-44(36)54(3,4)46(38)27-32/h7-30H,1-6H3. The van der Waals surface area contributed by atoms with E-state index in [-0.39, 0.29) is 10.8 Å². The van der Waals surface area contributed by atoms with Crippen LogP contribution in [0.3, 0.4) is 0 Å². The van der Waals surface area contributed by atoms with Gasteiger partial charge in [0, 0.05) is 63.5 Å². The molecule has 0 unspecified atom stereocenters. The number of hydrogen-bond donors (Lipinski definition) is 0. The van der Waals surface area contributed by atoms with Crippen molar-refractivity contribution < 1.29 is 0 Å². The molecule has 2 nitrogen and oxygen atoms in total. The average Bonchev–Trinajstić information content (AvgIpc) is 3.74. The summed E-state index contributed by atoms with van der Waals surface area (Å²) in [7, 11) is 4.48. The van der Waals surface area contributed by atoms with E-state index in [9.17, 15) is 0 Å². The highest BCUT2D eigenvalue weighted by Gasteiger charge is 2.37. The van der Waals surface area contributed by atoms with Crippen LogP contribution in [-0.2, 0) is 17.9 Å². The normalized spacial score (nSPS) is 15.2. The maximum Gasteiger partial charge on any atom is 0.0501 e. The molecular weight excluding hydrogens is 677 g/mol. The Morgan fingerprint density at radius 1 is 0.357 bits per heavy atom. The van der Waals surface area contributed by atoms with Gasteiger partial charge < -0.3 is 9.47 Å². The number of hydrogen-bond acceptors (Lipinski definition) is 1. The smallest absolute Gasteiger partial charge is 0.0501 e. The minimum Gasteiger partial charge on any atom is -0.344 e. The van der Waals surface area contributed by atoms with Crippen molar-refractivity contribution in [1.29, 1.82) is 0 Å². The first-order chi connectivity index (χ1) is 27.1. The Bertz CT molecular complexity index is 3220. The summed E-state index contributed by atoms with van der Waals surface area (Å²) in [5, 5.41) is 5.27. The molecule has 0 radical (unpaired) electrons. The average molecular weight is 719 g/mol. The SMILES string of the molecule is CN1c2cc(-c3ccc4c(c3)C(C)(C)c3ccccc3-4)ccc2-c2cc3c(c4cccc1c24)c1ccc(-c2ccc4c(c2)C(C)(C)c2ccccc2-4)cc1n3C. The molecule has 8 aromatic carbocycles. The van der Waals surface area contributed by atoms with Gasteiger partial charge in [0.05, 0.1) is 5.52 Å². The Morgan fingerprint density at radius 3 is 1.54 bits per heavy atom. The van der Waals surface area contributed by atoms with Crippen LogP contribution in [0.4, 0.5) is 11.4 Å². The molecule has 0 spiro atoms. The molecule has 0 bridgehead atoms. The molecule has 0 amide bonds. The number of rotatable bonds is 2. The van der Waals surface area contributed by atoms with Gasteiger partial charge in [-0.25, -0.2) is 0 Å². The quantitative estimate of drug-likeness (QED) is 0.173. The van der Waals surface area contributed by atoms with E-state index in [1.54, 1.807) is 0 Å². The van der Waals surface area contributed by atoms with Gasteiger partial charge in [0.2, 0.25) is 0 Å². The van der Waals surface area contributed by atoms with Crippen LogP contribution >= 0.6 is 0 Å². The lowest BCUT2D eigenvalue weighted by Gasteiger charge is -2.31. The Morgan fingerprint density at radius 2 is 0.893 bits per heavy atom. The molecule has 9 aromatic rings. The van der Waals surface area contributed by atoms with E-state index >= 15 is 0 Å². The van der Waals surface area contributed by atoms with Crippen LogP contribution in [0.1, 0.15) is 49.9 Å². The van der Waals surface area contributed by atoms with Gasteiger partial charge in [-0.1, -0.05) is 137 Å². The number of benzene rings is 8. The molecule has 268 valence electrons. The van der Waals surface area contributed by atoms with E-state index in [2.05, 4.69) is 197 Å². The van der Waals surface area contributed by atoms with Crippen LogP contribution in [0.5, 0.6) is 0 Å². The highest BCUT2D eigenvalue weighted by molar-refractivity contribution is 6.28. The summed E-state index contributed by atoms with van der Waals surface area (Å²) < 4.78 is 2.42. The molecule has 3 aliphatic rings. The van der Waals surface area contributed by atoms with Crippen molar-refractivity contribution in [3.8, 4) is 55.6 Å². The van der Waals surface area contributed by atoms with Gasteiger partial charge in [0.1, 0.15) is 0 Å². The van der Waals surface area contributed by atoms with Gasteiger partial charge in [-0.05, 0) is 114 Å². The van der Waals surface area contributed by atoms with Crippen LogP contribution in [0.2, 0.25) is 0 Å². The lowest BCUT2D eigenvalue weighted by molar-refractivity contribution is 0.660. The molecule has 12 rings (SSSR count). The number of aromatic nitrogens is 1. The fourth-order valence-electron chi connectivity index (χ4n) is 10.9. The molecular formula is C54H42N2. The zero-order valence-electron chi connectivity index (χ0n) is 32.8. The third-order valence-corrected chi connectivity index (χ3v) is 14.0. The van der Waals surface area contributed by atoms with E-state index in [0.717, 1.165) is 0 Å². The highest BCUT2D eigenvalue weighted by Crippen LogP contribution is 2.54. The zero-order valence-corrected chi connectivity index (χ0v) is 32.8. The Hall–Kier alpha value is -6.38. The van der Waals surface area contributed by atoms with Gasteiger partial charge >= 0.3 is 0 Å². The van der Waals surface area contributed by atoms with Crippen LogP contribution in [0.15, 0.2) is 146 Å². The van der Waals surface area contributed by atoms with E-state index in [1.165, 1.54) is 122 Å². The third-order valence-electron chi connectivity index (χ3n) is 14.0. The predicted octanol–water partition coefficient (Wildman–Crippen LogP) is 14.2. The Labute approximate surface area is 328 Å². The van der Waals surface area contributed by atoms with Crippen molar-refractivity contribution in [2.75, 3.05) is 11.9 Å². The van der Waals surface area contributed by atoms with Crippen molar-refractivity contribution in [3.63, 3.8) is 0 Å². The number of fused-ring (bicyclic) bond motifs is 12. The van der Waals surface area contributed by atoms with Crippen molar-refractivity contribution in [2.45, 2.75) is 38.5 Å². The molecule has 0 saturated heterocycles. The fourth-order valence-corrected chi connectivity index (χ4v) is 10.9. The summed E-state index contributed by atoms with van der Waals surface area (Å²) in [6, 6.07) is 55.5. The maximum atomic E-state index is 2.45. The summed E-state index contributed by atoms with van der Waals surface area (Å²) in [6.07, 6.45) is 0. The van der Waals surface area contributed by atoms with Crippen LogP contribution in [0.25, 0.3) is 88.2 Å². The number of anilines is 2. The van der Waals surface area contributed by atoms with Crippen molar-refractivity contribution >= 4 is 44.0 Å². The van der Waals surface area contributed by atoms with Gasteiger partial charge in [0.25, 0.3) is 0 Å². The minimum atomic E-state index is -0.0309. The second kappa shape index (κ2) is 10.7. The van der Waals surface area contributed by atoms with Gasteiger partial charge in [0.15, 0.2) is 0 Å². The minimum absolute atomic E-state index is 0.0279. The topological polar surface area (TPSA) is 8.17 Å². The summed E-state index contributed by atoms with van der Waals surface area (Å²) in [4.78, 5) is 2.41. The maximum absolute atomic E-state index is 2.45. The van der Waals surface area contributed by atoms with Crippen LogP contribution in [0, 0.1) is 0 Å². The summed E-state index contributed by atoms with van der Waals surface area (Å²) in [5.41, 5.74) is 23.7. The Balaban J connectivity index is 0.994. The van der Waals surface area contributed by atoms with Gasteiger partial charge in [-0.2, -0.15) is 0 Å². The summed E-state index contributed by atoms with van der Waals surface area (Å²) in [6.45, 7) is 9.45. The number of nitrogens with zero attached hydrogens (tertiary/aromatic N) is 2. The van der Waals surface area contributed by atoms with E-state index in [0.29, 0.717) is 0 Å². The fraction of sp³-hybridized carbons (Fsp3) is 0.148. The predicted molar refractivity (Wildman–Crippen MR) is 237 cm³/mol. The van der Waals surface area contributed by atoms with Gasteiger partial charge in [-0.15, -0.1) is 0 Å². The first-order valence-corrected chi connectivity index (χ1v) is 20.0. The lowest BCUT2D eigenvalue weighted by Crippen LogP contribution is -2.15.